The molecule has 170 valence electrons. The molecule has 2 aromatic carbocycles. The van der Waals surface area contributed by atoms with Crippen molar-refractivity contribution in [1.82, 2.24) is 9.80 Å². The number of benzene rings is 2. The van der Waals surface area contributed by atoms with E-state index in [-0.39, 0.29) is 17.2 Å². The van der Waals surface area contributed by atoms with E-state index in [9.17, 15) is 9.59 Å². The molecule has 0 saturated carbocycles. The summed E-state index contributed by atoms with van der Waals surface area (Å²) in [5.74, 6) is 2.08. The Labute approximate surface area is 198 Å². The summed E-state index contributed by atoms with van der Waals surface area (Å²) in [4.78, 5) is 29.3. The summed E-state index contributed by atoms with van der Waals surface area (Å²) in [6, 6.07) is 22.1. The molecular weight excluding hydrogens is 432 g/mol. The number of hydrogen-bond donors (Lipinski definition) is 0. The minimum atomic E-state index is -0.0551. The van der Waals surface area contributed by atoms with Crippen LogP contribution in [0.4, 0.5) is 0 Å². The third-order valence-electron chi connectivity index (χ3n) is 6.59. The summed E-state index contributed by atoms with van der Waals surface area (Å²) in [6.07, 6.45) is 4.80. The monoisotopic (exact) mass is 460 g/mol. The fraction of sp³-hybridized carbons (Fsp3) is 0.333. The van der Waals surface area contributed by atoms with Crippen LogP contribution in [-0.2, 0) is 17.8 Å². The molecule has 0 radical (unpaired) electrons. The highest BCUT2D eigenvalue weighted by atomic mass is 32.2. The first kappa shape index (κ1) is 21.8. The Morgan fingerprint density at radius 2 is 1.73 bits per heavy atom. The molecule has 5 nitrogen and oxygen atoms in total. The van der Waals surface area contributed by atoms with Crippen LogP contribution in [0.5, 0.6) is 0 Å². The number of thioether (sulfide) groups is 1. The zero-order valence-corrected chi connectivity index (χ0v) is 19.4. The first-order chi connectivity index (χ1) is 16.2. The zero-order chi connectivity index (χ0) is 22.6. The third kappa shape index (κ3) is 5.01. The van der Waals surface area contributed by atoms with Crippen molar-refractivity contribution in [3.05, 3.63) is 95.4 Å². The molecule has 2 saturated heterocycles. The van der Waals surface area contributed by atoms with Crippen molar-refractivity contribution in [1.29, 1.82) is 0 Å². The number of hydrogen-bond acceptors (Lipinski definition) is 4. The molecule has 0 aliphatic carbocycles. The number of rotatable bonds is 6. The first-order valence-electron chi connectivity index (χ1n) is 11.5. The molecule has 0 unspecified atom stereocenters. The van der Waals surface area contributed by atoms with Gasteiger partial charge in [0.25, 0.3) is 5.91 Å². The third-order valence-corrected chi connectivity index (χ3v) is 7.84. The summed E-state index contributed by atoms with van der Waals surface area (Å²) in [7, 11) is 0. The van der Waals surface area contributed by atoms with E-state index in [2.05, 4.69) is 30.3 Å². The van der Waals surface area contributed by atoms with Crippen molar-refractivity contribution in [2.75, 3.05) is 18.8 Å². The van der Waals surface area contributed by atoms with Crippen molar-refractivity contribution >= 4 is 23.6 Å². The van der Waals surface area contributed by atoms with Gasteiger partial charge in [0.05, 0.1) is 18.6 Å². The minimum absolute atomic E-state index is 0.0551. The van der Waals surface area contributed by atoms with E-state index >= 15 is 0 Å². The quantitative estimate of drug-likeness (QED) is 0.511. The Bertz CT molecular complexity index is 1070. The van der Waals surface area contributed by atoms with Crippen LogP contribution in [-0.4, -0.2) is 40.5 Å². The maximum Gasteiger partial charge on any atom is 0.253 e. The van der Waals surface area contributed by atoms with E-state index < -0.39 is 0 Å². The van der Waals surface area contributed by atoms with Crippen molar-refractivity contribution in [3.63, 3.8) is 0 Å². The van der Waals surface area contributed by atoms with Crippen LogP contribution in [0.25, 0.3) is 0 Å². The van der Waals surface area contributed by atoms with Crippen LogP contribution in [0.2, 0.25) is 0 Å². The number of amides is 2. The SMILES string of the molecule is O=C(c1ccc([C@H]2SCC(=O)N2Cc2ccco2)cc1)N1CCC(Cc2ccccc2)CC1. The van der Waals surface area contributed by atoms with Gasteiger partial charge in [-0.2, -0.15) is 0 Å². The maximum atomic E-state index is 13.1. The van der Waals surface area contributed by atoms with Crippen molar-refractivity contribution in [2.24, 2.45) is 5.92 Å². The Morgan fingerprint density at radius 3 is 2.42 bits per heavy atom. The predicted molar refractivity (Wildman–Crippen MR) is 130 cm³/mol. The largest absolute Gasteiger partial charge is 0.467 e. The second-order valence-corrected chi connectivity index (χ2v) is 9.88. The number of nitrogens with zero attached hydrogens (tertiary/aromatic N) is 2. The summed E-state index contributed by atoms with van der Waals surface area (Å²) < 4.78 is 5.43. The highest BCUT2D eigenvalue weighted by molar-refractivity contribution is 8.00. The minimum Gasteiger partial charge on any atom is -0.467 e. The smallest absolute Gasteiger partial charge is 0.253 e. The van der Waals surface area contributed by atoms with Gasteiger partial charge in [0.2, 0.25) is 5.91 Å². The maximum absolute atomic E-state index is 13.1. The molecular formula is C27H28N2O3S. The van der Waals surface area contributed by atoms with Crippen LogP contribution in [0, 0.1) is 5.92 Å². The van der Waals surface area contributed by atoms with Gasteiger partial charge in [-0.05, 0) is 60.6 Å². The fourth-order valence-corrected chi connectivity index (χ4v) is 5.92. The molecule has 2 amide bonds. The van der Waals surface area contributed by atoms with Gasteiger partial charge in [-0.1, -0.05) is 42.5 Å². The second-order valence-electron chi connectivity index (χ2n) is 8.81. The van der Waals surface area contributed by atoms with Gasteiger partial charge in [-0.3, -0.25) is 9.59 Å². The lowest BCUT2D eigenvalue weighted by atomic mass is 9.90. The predicted octanol–water partition coefficient (Wildman–Crippen LogP) is 5.15. The van der Waals surface area contributed by atoms with E-state index in [4.69, 9.17) is 4.42 Å². The molecule has 1 aromatic heterocycles. The van der Waals surface area contributed by atoms with Gasteiger partial charge < -0.3 is 14.2 Å². The number of furan rings is 1. The number of carbonyl (C=O) groups excluding carboxylic acids is 2. The topological polar surface area (TPSA) is 53.8 Å². The second kappa shape index (κ2) is 9.87. The van der Waals surface area contributed by atoms with Gasteiger partial charge in [0.15, 0.2) is 0 Å². The molecule has 3 heterocycles. The Hall–Kier alpha value is -2.99. The van der Waals surface area contributed by atoms with Crippen LogP contribution in [0.1, 0.15) is 45.5 Å². The standard InChI is InChI=1S/C27H28N2O3S/c30-25-19-33-27(29(25)18-24-7-4-16-32-24)23-10-8-22(9-11-23)26(31)28-14-12-21(13-15-28)17-20-5-2-1-3-6-20/h1-11,16,21,27H,12-15,17-19H2/t27-/m1/s1. The van der Waals surface area contributed by atoms with Gasteiger partial charge in [0.1, 0.15) is 11.1 Å². The lowest BCUT2D eigenvalue weighted by Gasteiger charge is -2.32. The van der Waals surface area contributed by atoms with E-state index in [1.807, 2.05) is 46.2 Å². The van der Waals surface area contributed by atoms with E-state index in [1.54, 1.807) is 18.0 Å². The van der Waals surface area contributed by atoms with Gasteiger partial charge >= 0.3 is 0 Å². The summed E-state index contributed by atoms with van der Waals surface area (Å²) in [6.45, 7) is 2.08. The lowest BCUT2D eigenvalue weighted by Crippen LogP contribution is -2.38. The summed E-state index contributed by atoms with van der Waals surface area (Å²) in [5.41, 5.74) is 3.13. The summed E-state index contributed by atoms with van der Waals surface area (Å²) in [5, 5.41) is -0.0551. The molecule has 0 N–H and O–H groups in total. The van der Waals surface area contributed by atoms with Crippen molar-refractivity contribution < 1.29 is 14.0 Å². The van der Waals surface area contributed by atoms with Crippen molar-refractivity contribution in [3.8, 4) is 0 Å². The average Bonchev–Trinajstić information content (AvgIpc) is 3.50. The normalized spacial score (nSPS) is 19.3. The Balaban J connectivity index is 1.19. The van der Waals surface area contributed by atoms with Crippen LogP contribution >= 0.6 is 11.8 Å². The van der Waals surface area contributed by atoms with E-state index in [0.717, 1.165) is 43.7 Å². The average molecular weight is 461 g/mol. The first-order valence-corrected chi connectivity index (χ1v) is 12.6. The number of carbonyl (C=O) groups is 2. The van der Waals surface area contributed by atoms with E-state index in [1.165, 1.54) is 5.56 Å². The van der Waals surface area contributed by atoms with Gasteiger partial charge in [0, 0.05) is 18.7 Å². The van der Waals surface area contributed by atoms with Gasteiger partial charge in [-0.15, -0.1) is 11.8 Å². The van der Waals surface area contributed by atoms with Gasteiger partial charge in [-0.25, -0.2) is 0 Å². The zero-order valence-electron chi connectivity index (χ0n) is 18.6. The van der Waals surface area contributed by atoms with Crippen LogP contribution < -0.4 is 0 Å². The molecule has 5 rings (SSSR count). The molecule has 33 heavy (non-hydrogen) atoms. The summed E-state index contributed by atoms with van der Waals surface area (Å²) >= 11 is 1.62. The van der Waals surface area contributed by atoms with Crippen LogP contribution in [0.3, 0.4) is 0 Å². The molecule has 0 bridgehead atoms. The lowest BCUT2D eigenvalue weighted by molar-refractivity contribution is -0.128. The highest BCUT2D eigenvalue weighted by Gasteiger charge is 2.33. The molecule has 2 fully saturated rings. The van der Waals surface area contributed by atoms with Crippen LogP contribution in [0.15, 0.2) is 77.4 Å². The number of piperidine rings is 1. The number of likely N-dealkylation sites (tertiary alicyclic amines) is 1. The fourth-order valence-electron chi connectivity index (χ4n) is 4.73. The van der Waals surface area contributed by atoms with Crippen molar-refractivity contribution in [2.45, 2.75) is 31.2 Å². The Morgan fingerprint density at radius 1 is 0.970 bits per heavy atom. The Kier molecular flexibility index (Phi) is 6.53. The molecule has 6 heteroatoms. The highest BCUT2D eigenvalue weighted by Crippen LogP contribution is 2.39. The van der Waals surface area contributed by atoms with E-state index in [0.29, 0.717) is 23.8 Å². The molecule has 1 atom stereocenters. The molecule has 0 spiro atoms. The molecule has 2 aliphatic heterocycles. The molecule has 3 aromatic rings. The molecule has 2 aliphatic rings.